The second-order valence-corrected chi connectivity index (χ2v) is 11.5. The van der Waals surface area contributed by atoms with E-state index < -0.39 is 15.1 Å². The first-order chi connectivity index (χ1) is 14.9. The van der Waals surface area contributed by atoms with Crippen molar-refractivity contribution in [3.05, 3.63) is 59.2 Å². The molecule has 3 unspecified atom stereocenters. The van der Waals surface area contributed by atoms with Crippen LogP contribution >= 0.6 is 22.9 Å². The molecule has 1 aliphatic carbocycles. The summed E-state index contributed by atoms with van der Waals surface area (Å²) in [6.45, 7) is 0.305. The second kappa shape index (κ2) is 9.24. The Morgan fingerprint density at radius 1 is 1.26 bits per heavy atom. The number of hydrogen-bond donors (Lipinski definition) is 1. The van der Waals surface area contributed by atoms with Gasteiger partial charge in [0.2, 0.25) is 0 Å². The van der Waals surface area contributed by atoms with Gasteiger partial charge >= 0.3 is 0 Å². The molecule has 1 aromatic carbocycles. The Kier molecular flexibility index (Phi) is 6.62. The highest BCUT2D eigenvalue weighted by atomic mass is 35.5. The summed E-state index contributed by atoms with van der Waals surface area (Å²) < 4.78 is 32.7. The monoisotopic (exact) mass is 478 g/mol. The van der Waals surface area contributed by atoms with Crippen LogP contribution in [-0.4, -0.2) is 43.1 Å². The topological polar surface area (TPSA) is 85.4 Å². The van der Waals surface area contributed by atoms with E-state index in [-0.39, 0.29) is 22.3 Å². The fourth-order valence-electron chi connectivity index (χ4n) is 3.89. The average Bonchev–Trinajstić information content (AvgIpc) is 3.22. The molecule has 6 nitrogen and oxygen atoms in total. The molecule has 0 bridgehead atoms. The van der Waals surface area contributed by atoms with Gasteiger partial charge in [-0.2, -0.15) is 0 Å². The summed E-state index contributed by atoms with van der Waals surface area (Å²) in [5.41, 5.74) is 0.817. The standard InChI is InChI=1S/C22H23ClN2O4S2/c1-29-18-7-4-16(23)11-21(18)31(27,28)17-5-2-14(3-6-17)12-25-22(26)19-10-15-8-9-24-13-20(15)30-19/h2-3,5-6,8-10,13,16,18,21H,4,7,11-12H2,1H3,(H,25,26). The molecule has 3 aromatic rings. The quantitative estimate of drug-likeness (QED) is 0.537. The Morgan fingerprint density at radius 3 is 2.74 bits per heavy atom. The van der Waals surface area contributed by atoms with Gasteiger partial charge in [0.15, 0.2) is 9.84 Å². The number of thiophene rings is 1. The summed E-state index contributed by atoms with van der Waals surface area (Å²) >= 11 is 7.62. The number of methoxy groups -OCH3 is 1. The smallest absolute Gasteiger partial charge is 0.261 e. The van der Waals surface area contributed by atoms with Crippen molar-refractivity contribution in [1.82, 2.24) is 10.3 Å². The van der Waals surface area contributed by atoms with E-state index in [1.807, 2.05) is 12.1 Å². The molecule has 164 valence electrons. The minimum Gasteiger partial charge on any atom is -0.380 e. The van der Waals surface area contributed by atoms with Crippen LogP contribution in [0.4, 0.5) is 0 Å². The Labute approximate surface area is 190 Å². The van der Waals surface area contributed by atoms with E-state index in [9.17, 15) is 13.2 Å². The van der Waals surface area contributed by atoms with Gasteiger partial charge in [0, 0.05) is 31.4 Å². The highest BCUT2D eigenvalue weighted by Crippen LogP contribution is 2.33. The molecule has 1 fully saturated rings. The normalized spacial score (nSPS) is 21.8. The zero-order valence-electron chi connectivity index (χ0n) is 17.0. The number of nitrogens with zero attached hydrogens (tertiary/aromatic N) is 1. The molecular weight excluding hydrogens is 456 g/mol. The SMILES string of the molecule is COC1CCC(Cl)CC1S(=O)(=O)c1ccc(CNC(=O)c2cc3ccncc3s2)cc1. The van der Waals surface area contributed by atoms with Crippen LogP contribution in [0.2, 0.25) is 0 Å². The summed E-state index contributed by atoms with van der Waals surface area (Å²) in [6.07, 6.45) is 4.85. The Balaban J connectivity index is 1.43. The lowest BCUT2D eigenvalue weighted by molar-refractivity contribution is 0.0746. The van der Waals surface area contributed by atoms with Gasteiger partial charge in [-0.1, -0.05) is 12.1 Å². The molecular formula is C22H23ClN2O4S2. The van der Waals surface area contributed by atoms with Gasteiger partial charge in [-0.3, -0.25) is 9.78 Å². The van der Waals surface area contributed by atoms with E-state index in [0.717, 1.165) is 22.1 Å². The van der Waals surface area contributed by atoms with E-state index in [4.69, 9.17) is 16.3 Å². The molecule has 31 heavy (non-hydrogen) atoms. The summed E-state index contributed by atoms with van der Waals surface area (Å²) in [4.78, 5) is 17.4. The summed E-state index contributed by atoms with van der Waals surface area (Å²) in [5, 5.41) is 3.05. The number of halogens is 1. The maximum Gasteiger partial charge on any atom is 0.261 e. The minimum atomic E-state index is -3.56. The van der Waals surface area contributed by atoms with E-state index in [1.54, 1.807) is 43.8 Å². The van der Waals surface area contributed by atoms with Crippen LogP contribution in [0.25, 0.3) is 10.1 Å². The molecule has 0 radical (unpaired) electrons. The number of ether oxygens (including phenoxy) is 1. The molecule has 3 atom stereocenters. The van der Waals surface area contributed by atoms with Gasteiger partial charge in [0.05, 0.1) is 25.8 Å². The molecule has 1 aliphatic rings. The van der Waals surface area contributed by atoms with Gasteiger partial charge < -0.3 is 10.1 Å². The lowest BCUT2D eigenvalue weighted by Gasteiger charge is -2.32. The number of alkyl halides is 1. The molecule has 4 rings (SSSR count). The van der Waals surface area contributed by atoms with Gasteiger partial charge in [-0.05, 0) is 54.5 Å². The van der Waals surface area contributed by atoms with Gasteiger partial charge in [-0.15, -0.1) is 22.9 Å². The zero-order valence-corrected chi connectivity index (χ0v) is 19.3. The third kappa shape index (κ3) is 4.77. The van der Waals surface area contributed by atoms with Crippen molar-refractivity contribution in [1.29, 1.82) is 0 Å². The number of nitrogens with one attached hydrogen (secondary N) is 1. The van der Waals surface area contributed by atoms with E-state index in [1.165, 1.54) is 11.3 Å². The number of benzene rings is 1. The highest BCUT2D eigenvalue weighted by molar-refractivity contribution is 7.92. The molecule has 1 saturated carbocycles. The molecule has 9 heteroatoms. The predicted molar refractivity (Wildman–Crippen MR) is 122 cm³/mol. The molecule has 0 spiro atoms. The second-order valence-electron chi connectivity index (χ2n) is 7.62. The summed E-state index contributed by atoms with van der Waals surface area (Å²) in [5.74, 6) is -0.170. The Bertz CT molecular complexity index is 1140. The first kappa shape index (κ1) is 22.2. The first-order valence-electron chi connectivity index (χ1n) is 10.00. The third-order valence-corrected chi connectivity index (χ3v) is 9.32. The maximum absolute atomic E-state index is 13.1. The van der Waals surface area contributed by atoms with Crippen LogP contribution in [0.15, 0.2) is 53.7 Å². The highest BCUT2D eigenvalue weighted by Gasteiger charge is 2.39. The van der Waals surface area contributed by atoms with Crippen LogP contribution in [0.3, 0.4) is 0 Å². The number of aromatic nitrogens is 1. The van der Waals surface area contributed by atoms with Crippen LogP contribution in [0.1, 0.15) is 34.5 Å². The number of sulfone groups is 1. The lowest BCUT2D eigenvalue weighted by atomic mass is 9.97. The minimum absolute atomic E-state index is 0.162. The number of hydrogen-bond acceptors (Lipinski definition) is 6. The molecule has 0 aliphatic heterocycles. The zero-order chi connectivity index (χ0) is 22.0. The van der Waals surface area contributed by atoms with Crippen molar-refractivity contribution < 1.29 is 17.9 Å². The molecule has 1 amide bonds. The fraction of sp³-hybridized carbons (Fsp3) is 0.364. The maximum atomic E-state index is 13.1. The largest absolute Gasteiger partial charge is 0.380 e. The number of rotatable bonds is 6. The van der Waals surface area contributed by atoms with Gasteiger partial charge in [0.1, 0.15) is 0 Å². The van der Waals surface area contributed by atoms with Crippen molar-refractivity contribution >= 4 is 48.8 Å². The predicted octanol–water partition coefficient (Wildman–Crippen LogP) is 4.17. The van der Waals surface area contributed by atoms with Crippen molar-refractivity contribution in [2.75, 3.05) is 7.11 Å². The van der Waals surface area contributed by atoms with Crippen LogP contribution < -0.4 is 5.32 Å². The summed E-state index contributed by atoms with van der Waals surface area (Å²) in [6, 6.07) is 10.3. The Hall–Kier alpha value is -2.00. The fourth-order valence-corrected chi connectivity index (χ4v) is 7.25. The lowest BCUT2D eigenvalue weighted by Crippen LogP contribution is -2.41. The number of pyridine rings is 1. The number of carbonyl (C=O) groups excluding carboxylic acids is 1. The van der Waals surface area contributed by atoms with Crippen molar-refractivity contribution in [3.8, 4) is 0 Å². The van der Waals surface area contributed by atoms with Gasteiger partial charge in [-0.25, -0.2) is 8.42 Å². The van der Waals surface area contributed by atoms with Crippen LogP contribution in [0.5, 0.6) is 0 Å². The summed E-state index contributed by atoms with van der Waals surface area (Å²) in [7, 11) is -2.02. The van der Waals surface area contributed by atoms with E-state index in [0.29, 0.717) is 24.3 Å². The van der Waals surface area contributed by atoms with Crippen LogP contribution in [-0.2, 0) is 21.1 Å². The first-order valence-corrected chi connectivity index (χ1v) is 12.8. The number of fused-ring (bicyclic) bond motifs is 1. The van der Waals surface area contributed by atoms with Crippen molar-refractivity contribution in [2.24, 2.45) is 0 Å². The van der Waals surface area contributed by atoms with Gasteiger partial charge in [0.25, 0.3) is 5.91 Å². The van der Waals surface area contributed by atoms with Crippen molar-refractivity contribution in [3.63, 3.8) is 0 Å². The molecule has 0 saturated heterocycles. The molecule has 2 aromatic heterocycles. The van der Waals surface area contributed by atoms with E-state index in [2.05, 4.69) is 10.3 Å². The molecule has 1 N–H and O–H groups in total. The van der Waals surface area contributed by atoms with E-state index >= 15 is 0 Å². The Morgan fingerprint density at radius 2 is 2.03 bits per heavy atom. The van der Waals surface area contributed by atoms with Crippen LogP contribution in [0, 0.1) is 0 Å². The average molecular weight is 479 g/mol. The van der Waals surface area contributed by atoms with Crippen molar-refractivity contribution in [2.45, 2.75) is 47.4 Å². The number of amides is 1. The number of carbonyl (C=O) groups is 1. The third-order valence-electron chi connectivity index (χ3n) is 5.62. The molecule has 2 heterocycles.